The number of benzene rings is 3. The van der Waals surface area contributed by atoms with Crippen molar-refractivity contribution in [1.29, 1.82) is 0 Å². The number of allylic oxidation sites excluding steroid dienone is 2. The van der Waals surface area contributed by atoms with Crippen molar-refractivity contribution in [2.24, 2.45) is 0 Å². The summed E-state index contributed by atoms with van der Waals surface area (Å²) in [6.07, 6.45) is 5.84. The minimum Gasteiger partial charge on any atom is -0.504 e. The molecule has 0 spiro atoms. The number of carbonyl (C=O) groups is 2. The predicted molar refractivity (Wildman–Crippen MR) is 118 cm³/mol. The summed E-state index contributed by atoms with van der Waals surface area (Å²) in [5.74, 6) is 0.507. The lowest BCUT2D eigenvalue weighted by Gasteiger charge is -2.07. The first-order chi connectivity index (χ1) is 14.5. The lowest BCUT2D eigenvalue weighted by Crippen LogP contribution is -2.02. The largest absolute Gasteiger partial charge is 0.504 e. The van der Waals surface area contributed by atoms with Crippen molar-refractivity contribution in [3.63, 3.8) is 0 Å². The third-order valence-electron chi connectivity index (χ3n) is 4.60. The van der Waals surface area contributed by atoms with E-state index in [-0.39, 0.29) is 23.7 Å². The highest BCUT2D eigenvalue weighted by Gasteiger charge is 2.07. The molecule has 1 N–H and O–H groups in total. The molecule has 5 nitrogen and oxygen atoms in total. The van der Waals surface area contributed by atoms with Crippen molar-refractivity contribution in [1.82, 2.24) is 0 Å². The lowest BCUT2D eigenvalue weighted by molar-refractivity contribution is -0.121. The highest BCUT2D eigenvalue weighted by Crippen LogP contribution is 2.29. The van der Waals surface area contributed by atoms with E-state index in [2.05, 4.69) is 0 Å². The van der Waals surface area contributed by atoms with Gasteiger partial charge >= 0.3 is 0 Å². The highest BCUT2D eigenvalue weighted by atomic mass is 16.5. The Bertz CT molecular complexity index is 1140. The van der Waals surface area contributed by atoms with Gasteiger partial charge in [-0.3, -0.25) is 9.59 Å². The zero-order chi connectivity index (χ0) is 21.5. The molecule has 30 heavy (non-hydrogen) atoms. The van der Waals surface area contributed by atoms with Crippen LogP contribution < -0.4 is 9.47 Å². The fraction of sp³-hybridized carbons (Fsp3) is 0.120. The van der Waals surface area contributed by atoms with E-state index in [9.17, 15) is 14.7 Å². The van der Waals surface area contributed by atoms with E-state index >= 15 is 0 Å². The number of methoxy groups -OCH3 is 2. The van der Waals surface area contributed by atoms with Crippen molar-refractivity contribution in [3.8, 4) is 17.2 Å². The minimum atomic E-state index is -0.309. The molecular weight excluding hydrogens is 380 g/mol. The van der Waals surface area contributed by atoms with Crippen LogP contribution in [-0.4, -0.2) is 30.9 Å². The van der Waals surface area contributed by atoms with Crippen molar-refractivity contribution in [2.45, 2.75) is 6.42 Å². The summed E-state index contributed by atoms with van der Waals surface area (Å²) < 4.78 is 10.4. The summed E-state index contributed by atoms with van der Waals surface area (Å²) in [5, 5.41) is 11.5. The van der Waals surface area contributed by atoms with Gasteiger partial charge in [0.1, 0.15) is 5.75 Å². The Kier molecular flexibility index (Phi) is 6.65. The maximum absolute atomic E-state index is 12.2. The summed E-state index contributed by atoms with van der Waals surface area (Å²) in [5.41, 5.74) is 1.56. The van der Waals surface area contributed by atoms with E-state index in [0.717, 1.165) is 22.1 Å². The first-order valence-corrected chi connectivity index (χ1v) is 9.36. The molecule has 0 heterocycles. The SMILES string of the molecule is COc1cc(C=CC(=O)CC(=O)C=Cc2ccc(OC)c3ccccc23)ccc1O. The van der Waals surface area contributed by atoms with Gasteiger partial charge in [0.2, 0.25) is 0 Å². The Morgan fingerprint density at radius 1 is 0.833 bits per heavy atom. The van der Waals surface area contributed by atoms with Gasteiger partial charge in [-0.25, -0.2) is 0 Å². The molecule has 0 atom stereocenters. The van der Waals surface area contributed by atoms with Crippen molar-refractivity contribution in [2.75, 3.05) is 14.2 Å². The molecule has 3 aromatic carbocycles. The van der Waals surface area contributed by atoms with Crippen LogP contribution in [-0.2, 0) is 9.59 Å². The Balaban J connectivity index is 1.68. The zero-order valence-electron chi connectivity index (χ0n) is 16.8. The number of hydrogen-bond donors (Lipinski definition) is 1. The molecule has 0 aliphatic heterocycles. The Hall–Kier alpha value is -3.86. The van der Waals surface area contributed by atoms with E-state index in [1.807, 2.05) is 36.4 Å². The van der Waals surface area contributed by atoms with E-state index in [1.165, 1.54) is 25.3 Å². The van der Waals surface area contributed by atoms with Crippen molar-refractivity contribution < 1.29 is 24.2 Å². The molecule has 0 saturated carbocycles. The molecule has 152 valence electrons. The number of carbonyl (C=O) groups excluding carboxylic acids is 2. The van der Waals surface area contributed by atoms with Crippen LogP contribution in [0.3, 0.4) is 0 Å². The molecule has 0 radical (unpaired) electrons. The lowest BCUT2D eigenvalue weighted by atomic mass is 10.0. The molecule has 5 heteroatoms. The fourth-order valence-corrected chi connectivity index (χ4v) is 3.08. The average molecular weight is 402 g/mol. The van der Waals surface area contributed by atoms with Crippen molar-refractivity contribution in [3.05, 3.63) is 77.9 Å². The number of hydrogen-bond acceptors (Lipinski definition) is 5. The zero-order valence-corrected chi connectivity index (χ0v) is 16.8. The van der Waals surface area contributed by atoms with Crippen molar-refractivity contribution >= 4 is 34.5 Å². The van der Waals surface area contributed by atoms with Crippen LogP contribution in [0.5, 0.6) is 17.2 Å². The van der Waals surface area contributed by atoms with Gasteiger partial charge in [-0.15, -0.1) is 0 Å². The maximum Gasteiger partial charge on any atom is 0.163 e. The fourth-order valence-electron chi connectivity index (χ4n) is 3.08. The van der Waals surface area contributed by atoms with Crippen LogP contribution in [0, 0.1) is 0 Å². The smallest absolute Gasteiger partial charge is 0.163 e. The van der Waals surface area contributed by atoms with Gasteiger partial charge in [-0.2, -0.15) is 0 Å². The topological polar surface area (TPSA) is 72.8 Å². The number of phenols is 1. The molecule has 3 rings (SSSR count). The van der Waals surface area contributed by atoms with Gasteiger partial charge in [-0.05, 0) is 46.9 Å². The van der Waals surface area contributed by atoms with E-state index < -0.39 is 0 Å². The van der Waals surface area contributed by atoms with Crippen LogP contribution in [0.1, 0.15) is 17.5 Å². The number of aromatic hydroxyl groups is 1. The third-order valence-corrected chi connectivity index (χ3v) is 4.60. The predicted octanol–water partition coefficient (Wildman–Crippen LogP) is 4.82. The monoisotopic (exact) mass is 402 g/mol. The van der Waals surface area contributed by atoms with Gasteiger partial charge < -0.3 is 14.6 Å². The quantitative estimate of drug-likeness (QED) is 0.432. The van der Waals surface area contributed by atoms with Crippen LogP contribution >= 0.6 is 0 Å². The van der Waals surface area contributed by atoms with Crippen LogP contribution in [0.2, 0.25) is 0 Å². The summed E-state index contributed by atoms with van der Waals surface area (Å²) >= 11 is 0. The van der Waals surface area contributed by atoms with E-state index in [1.54, 1.807) is 31.4 Å². The molecule has 0 aliphatic carbocycles. The second-order valence-electron chi connectivity index (χ2n) is 6.61. The first-order valence-electron chi connectivity index (χ1n) is 9.36. The van der Waals surface area contributed by atoms with Crippen LogP contribution in [0.15, 0.2) is 66.7 Å². The summed E-state index contributed by atoms with van der Waals surface area (Å²) in [6.45, 7) is 0. The summed E-state index contributed by atoms with van der Waals surface area (Å²) in [6, 6.07) is 16.2. The normalized spacial score (nSPS) is 11.3. The number of ether oxygens (including phenoxy) is 2. The molecule has 3 aromatic rings. The standard InChI is InChI=1S/C25H22O5/c1-29-24-14-10-18(21-5-3-4-6-22(21)24)9-12-20(27)16-19(26)11-7-17-8-13-23(28)25(15-17)30-2/h3-15,28H,16H2,1-2H3. The highest BCUT2D eigenvalue weighted by molar-refractivity contribution is 6.11. The molecular formula is C25H22O5. The van der Waals surface area contributed by atoms with Crippen LogP contribution in [0.4, 0.5) is 0 Å². The number of ketones is 2. The van der Waals surface area contributed by atoms with Crippen LogP contribution in [0.25, 0.3) is 22.9 Å². The minimum absolute atomic E-state index is 0.0207. The Labute approximate surface area is 174 Å². The first kappa shape index (κ1) is 20.9. The summed E-state index contributed by atoms with van der Waals surface area (Å²) in [7, 11) is 3.07. The summed E-state index contributed by atoms with van der Waals surface area (Å²) in [4.78, 5) is 24.3. The van der Waals surface area contributed by atoms with Gasteiger partial charge in [0.05, 0.1) is 20.6 Å². The number of fused-ring (bicyclic) bond motifs is 1. The Morgan fingerprint density at radius 2 is 1.50 bits per heavy atom. The van der Waals surface area contributed by atoms with E-state index in [0.29, 0.717) is 11.3 Å². The molecule has 0 bridgehead atoms. The van der Waals surface area contributed by atoms with Gasteiger partial charge in [0, 0.05) is 5.39 Å². The van der Waals surface area contributed by atoms with Gasteiger partial charge in [0.15, 0.2) is 23.1 Å². The van der Waals surface area contributed by atoms with E-state index in [4.69, 9.17) is 9.47 Å². The average Bonchev–Trinajstić information content (AvgIpc) is 2.76. The molecule has 0 amide bonds. The van der Waals surface area contributed by atoms with Gasteiger partial charge in [0.25, 0.3) is 0 Å². The molecule has 0 aromatic heterocycles. The molecule has 0 saturated heterocycles. The molecule has 0 aliphatic rings. The van der Waals surface area contributed by atoms with Gasteiger partial charge in [-0.1, -0.05) is 48.6 Å². The Morgan fingerprint density at radius 3 is 2.20 bits per heavy atom. The maximum atomic E-state index is 12.2. The molecule has 0 fully saturated rings. The second kappa shape index (κ2) is 9.56. The molecule has 0 unspecified atom stereocenters. The third kappa shape index (κ3) is 4.94. The number of rotatable bonds is 8. The number of phenolic OH excluding ortho intramolecular Hbond substituents is 1. The second-order valence-corrected chi connectivity index (χ2v) is 6.61.